The molecule has 5 nitrogen and oxygen atoms in total. The van der Waals surface area contributed by atoms with Crippen LogP contribution < -0.4 is 5.32 Å². The third kappa shape index (κ3) is 7.48. The fraction of sp³-hybridized carbons (Fsp3) is 0.867. The standard InChI is InChI=1S/C15H30N2O3/c1-8-15(6,7)12(18)13(19)16-10-9-11(2)17-20-14(3,4)5/h12,18H,8-10H2,1-7H3,(H,16,19)/b17-11+/t12-/m1/s1. The van der Waals surface area contributed by atoms with Crippen molar-refractivity contribution in [2.24, 2.45) is 10.6 Å². The van der Waals surface area contributed by atoms with Crippen LogP contribution >= 0.6 is 0 Å². The number of nitrogens with zero attached hydrogens (tertiary/aromatic N) is 1. The molecule has 0 aliphatic heterocycles. The Morgan fingerprint density at radius 1 is 1.30 bits per heavy atom. The molecule has 0 aromatic rings. The minimum absolute atomic E-state index is 0.314. The van der Waals surface area contributed by atoms with Gasteiger partial charge in [0.1, 0.15) is 11.7 Å². The number of aliphatic hydroxyl groups is 1. The first-order valence-electron chi connectivity index (χ1n) is 7.17. The lowest BCUT2D eigenvalue weighted by molar-refractivity contribution is -0.135. The van der Waals surface area contributed by atoms with Crippen molar-refractivity contribution < 1.29 is 14.7 Å². The zero-order valence-corrected chi connectivity index (χ0v) is 13.9. The summed E-state index contributed by atoms with van der Waals surface area (Å²) in [6.45, 7) is 13.8. The Bertz CT molecular complexity index is 344. The Labute approximate surface area is 122 Å². The summed E-state index contributed by atoms with van der Waals surface area (Å²) in [5, 5.41) is 16.7. The fourth-order valence-electron chi connectivity index (χ4n) is 1.27. The zero-order chi connectivity index (χ0) is 16.0. The molecule has 0 fully saturated rings. The molecule has 0 aromatic carbocycles. The van der Waals surface area contributed by atoms with Gasteiger partial charge in [-0.25, -0.2) is 0 Å². The fourth-order valence-corrected chi connectivity index (χ4v) is 1.27. The summed E-state index contributed by atoms with van der Waals surface area (Å²) in [6, 6.07) is 0. The molecule has 0 unspecified atom stereocenters. The lowest BCUT2D eigenvalue weighted by Crippen LogP contribution is -2.44. The molecule has 5 heteroatoms. The van der Waals surface area contributed by atoms with Gasteiger partial charge in [-0.1, -0.05) is 25.9 Å². The Morgan fingerprint density at radius 2 is 1.85 bits per heavy atom. The van der Waals surface area contributed by atoms with Gasteiger partial charge < -0.3 is 15.3 Å². The smallest absolute Gasteiger partial charge is 0.249 e. The van der Waals surface area contributed by atoms with Crippen LogP contribution in [0.1, 0.15) is 61.3 Å². The molecular formula is C15H30N2O3. The molecule has 1 atom stereocenters. The zero-order valence-electron chi connectivity index (χ0n) is 13.9. The van der Waals surface area contributed by atoms with Crippen molar-refractivity contribution in [3.05, 3.63) is 0 Å². The Morgan fingerprint density at radius 3 is 2.30 bits per heavy atom. The number of rotatable bonds is 7. The van der Waals surface area contributed by atoms with E-state index in [4.69, 9.17) is 4.84 Å². The highest BCUT2D eigenvalue weighted by Crippen LogP contribution is 2.24. The van der Waals surface area contributed by atoms with Crippen LogP contribution in [-0.2, 0) is 9.63 Å². The minimum atomic E-state index is -0.990. The summed E-state index contributed by atoms with van der Waals surface area (Å²) in [4.78, 5) is 17.1. The molecule has 0 aliphatic rings. The molecule has 1 amide bonds. The van der Waals surface area contributed by atoms with Gasteiger partial charge in [-0.2, -0.15) is 0 Å². The van der Waals surface area contributed by atoms with E-state index in [1.165, 1.54) is 0 Å². The van der Waals surface area contributed by atoms with Crippen molar-refractivity contribution in [3.63, 3.8) is 0 Å². The van der Waals surface area contributed by atoms with E-state index in [-0.39, 0.29) is 11.5 Å². The van der Waals surface area contributed by atoms with Crippen LogP contribution in [0.3, 0.4) is 0 Å². The molecule has 0 saturated heterocycles. The molecule has 0 rings (SSSR count). The number of hydrogen-bond acceptors (Lipinski definition) is 4. The van der Waals surface area contributed by atoms with Gasteiger partial charge in [0.05, 0.1) is 5.71 Å². The van der Waals surface area contributed by atoms with Crippen LogP contribution in [0.15, 0.2) is 5.16 Å². The summed E-state index contributed by atoms with van der Waals surface area (Å²) >= 11 is 0. The second-order valence-corrected chi connectivity index (χ2v) is 6.82. The maximum atomic E-state index is 11.8. The van der Waals surface area contributed by atoms with Gasteiger partial charge in [0, 0.05) is 13.0 Å². The van der Waals surface area contributed by atoms with Crippen molar-refractivity contribution in [3.8, 4) is 0 Å². The molecule has 20 heavy (non-hydrogen) atoms. The first-order chi connectivity index (χ1) is 8.99. The second kappa shape index (κ2) is 7.62. The van der Waals surface area contributed by atoms with Gasteiger partial charge in [0.25, 0.3) is 0 Å². The highest BCUT2D eigenvalue weighted by molar-refractivity contribution is 5.84. The molecule has 2 N–H and O–H groups in total. The van der Waals surface area contributed by atoms with Crippen molar-refractivity contribution in [2.45, 2.75) is 73.0 Å². The number of hydrogen-bond donors (Lipinski definition) is 2. The van der Waals surface area contributed by atoms with E-state index < -0.39 is 11.5 Å². The molecule has 0 radical (unpaired) electrons. The highest BCUT2D eigenvalue weighted by Gasteiger charge is 2.31. The van der Waals surface area contributed by atoms with E-state index in [1.807, 2.05) is 48.5 Å². The van der Waals surface area contributed by atoms with E-state index in [1.54, 1.807) is 0 Å². The molecule has 0 saturated carbocycles. The predicted molar refractivity (Wildman–Crippen MR) is 81.7 cm³/mol. The van der Waals surface area contributed by atoms with Crippen LogP contribution in [0.4, 0.5) is 0 Å². The topological polar surface area (TPSA) is 70.9 Å². The maximum absolute atomic E-state index is 11.8. The van der Waals surface area contributed by atoms with E-state index in [2.05, 4.69) is 10.5 Å². The third-order valence-electron chi connectivity index (χ3n) is 3.16. The molecule has 0 aliphatic carbocycles. The van der Waals surface area contributed by atoms with Gasteiger partial charge in [-0.15, -0.1) is 0 Å². The van der Waals surface area contributed by atoms with Crippen LogP contribution in [0.2, 0.25) is 0 Å². The van der Waals surface area contributed by atoms with Crippen molar-refractivity contribution in [2.75, 3.05) is 6.54 Å². The van der Waals surface area contributed by atoms with Gasteiger partial charge in [-0.3, -0.25) is 4.79 Å². The van der Waals surface area contributed by atoms with E-state index in [0.717, 1.165) is 12.1 Å². The number of oxime groups is 1. The summed E-state index contributed by atoms with van der Waals surface area (Å²) in [7, 11) is 0. The molecule has 0 heterocycles. The van der Waals surface area contributed by atoms with E-state index in [9.17, 15) is 9.90 Å². The number of aliphatic hydroxyl groups excluding tert-OH is 1. The van der Waals surface area contributed by atoms with Crippen molar-refractivity contribution in [1.29, 1.82) is 0 Å². The predicted octanol–water partition coefficient (Wildman–Crippen LogP) is 2.48. The number of amides is 1. The highest BCUT2D eigenvalue weighted by atomic mass is 16.6. The molecule has 0 bridgehead atoms. The number of carbonyl (C=O) groups is 1. The molecule has 0 aromatic heterocycles. The minimum Gasteiger partial charge on any atom is -0.390 e. The van der Waals surface area contributed by atoms with Gasteiger partial charge >= 0.3 is 0 Å². The largest absolute Gasteiger partial charge is 0.390 e. The summed E-state index contributed by atoms with van der Waals surface area (Å²) in [5.74, 6) is -0.332. The van der Waals surface area contributed by atoms with Crippen LogP contribution in [0.25, 0.3) is 0 Å². The van der Waals surface area contributed by atoms with Crippen LogP contribution in [0.5, 0.6) is 0 Å². The lowest BCUT2D eigenvalue weighted by atomic mass is 9.83. The Balaban J connectivity index is 4.16. The quantitative estimate of drug-likeness (QED) is 0.558. The molecular weight excluding hydrogens is 256 g/mol. The normalized spacial score (nSPS) is 14.9. The van der Waals surface area contributed by atoms with Crippen LogP contribution in [-0.4, -0.2) is 35.0 Å². The van der Waals surface area contributed by atoms with E-state index in [0.29, 0.717) is 13.0 Å². The summed E-state index contributed by atoms with van der Waals surface area (Å²) < 4.78 is 0. The first-order valence-corrected chi connectivity index (χ1v) is 7.17. The number of nitrogens with one attached hydrogen (secondary N) is 1. The van der Waals surface area contributed by atoms with E-state index >= 15 is 0 Å². The van der Waals surface area contributed by atoms with Crippen molar-refractivity contribution >= 4 is 11.6 Å². The average Bonchev–Trinajstić information content (AvgIpc) is 2.34. The SMILES string of the molecule is CCC(C)(C)[C@H](O)C(=O)NCC/C(C)=N/OC(C)(C)C. The van der Waals surface area contributed by atoms with Gasteiger partial charge in [0.15, 0.2) is 0 Å². The number of carbonyl (C=O) groups excluding carboxylic acids is 1. The Hall–Kier alpha value is -1.10. The summed E-state index contributed by atoms with van der Waals surface area (Å²) in [5.41, 5.74) is 0.0819. The monoisotopic (exact) mass is 286 g/mol. The summed E-state index contributed by atoms with van der Waals surface area (Å²) in [6.07, 6.45) is 0.346. The Kier molecular flexibility index (Phi) is 7.20. The third-order valence-corrected chi connectivity index (χ3v) is 3.16. The first kappa shape index (κ1) is 18.9. The maximum Gasteiger partial charge on any atom is 0.249 e. The van der Waals surface area contributed by atoms with Crippen molar-refractivity contribution in [1.82, 2.24) is 5.32 Å². The second-order valence-electron chi connectivity index (χ2n) is 6.82. The average molecular weight is 286 g/mol. The van der Waals surface area contributed by atoms with Gasteiger partial charge in [-0.05, 0) is 39.5 Å². The van der Waals surface area contributed by atoms with Gasteiger partial charge in [0.2, 0.25) is 5.91 Å². The molecule has 118 valence electrons. The lowest BCUT2D eigenvalue weighted by Gasteiger charge is -2.28. The molecule has 0 spiro atoms. The van der Waals surface area contributed by atoms with Crippen LogP contribution in [0, 0.1) is 5.41 Å².